The van der Waals surface area contributed by atoms with Gasteiger partial charge in [0.1, 0.15) is 0 Å². The second-order valence-electron chi connectivity index (χ2n) is 5.90. The highest BCUT2D eigenvalue weighted by atomic mass is 32.2. The fraction of sp³-hybridized carbons (Fsp3) is 0.375. The van der Waals surface area contributed by atoms with Gasteiger partial charge in [0.15, 0.2) is 5.16 Å². The van der Waals surface area contributed by atoms with Crippen LogP contribution in [0.15, 0.2) is 46.7 Å². The van der Waals surface area contributed by atoms with Crippen LogP contribution in [-0.2, 0) is 6.54 Å². The molecular weight excluding hydrogens is 266 g/mol. The maximum Gasteiger partial charge on any atom is 0.192 e. The number of aryl methyl sites for hydroxylation is 1. The van der Waals surface area contributed by atoms with Crippen molar-refractivity contribution < 1.29 is 0 Å². The molecule has 0 bridgehead atoms. The molecule has 0 aliphatic rings. The molecule has 0 amide bonds. The van der Waals surface area contributed by atoms with Crippen molar-refractivity contribution in [3.8, 4) is 0 Å². The molecule has 0 spiro atoms. The van der Waals surface area contributed by atoms with E-state index in [4.69, 9.17) is 0 Å². The Bertz CT molecular complexity index is 559. The molecule has 0 aliphatic heterocycles. The lowest BCUT2D eigenvalue weighted by Gasteiger charge is -2.20. The monoisotopic (exact) mass is 287 g/mol. The van der Waals surface area contributed by atoms with Crippen molar-refractivity contribution in [1.82, 2.24) is 15.3 Å². The van der Waals surface area contributed by atoms with E-state index in [2.05, 4.69) is 67.2 Å². The van der Waals surface area contributed by atoms with Gasteiger partial charge in [-0.05, 0) is 51.6 Å². The second kappa shape index (κ2) is 6.37. The molecule has 1 aromatic carbocycles. The highest BCUT2D eigenvalue weighted by Crippen LogP contribution is 2.24. The summed E-state index contributed by atoms with van der Waals surface area (Å²) >= 11 is 1.59. The van der Waals surface area contributed by atoms with E-state index < -0.39 is 0 Å². The summed E-state index contributed by atoms with van der Waals surface area (Å²) in [7, 11) is 0. The zero-order valence-electron chi connectivity index (χ0n) is 12.5. The van der Waals surface area contributed by atoms with E-state index in [1.807, 2.05) is 12.4 Å². The van der Waals surface area contributed by atoms with Crippen molar-refractivity contribution in [2.45, 2.75) is 49.8 Å². The molecule has 106 valence electrons. The van der Waals surface area contributed by atoms with Gasteiger partial charge < -0.3 is 5.32 Å². The Morgan fingerprint density at radius 1 is 1.15 bits per heavy atom. The predicted octanol–water partition coefficient (Wildman–Crippen LogP) is 3.82. The Hall–Kier alpha value is -1.39. The molecule has 20 heavy (non-hydrogen) atoms. The quantitative estimate of drug-likeness (QED) is 0.867. The van der Waals surface area contributed by atoms with Gasteiger partial charge in [-0.25, -0.2) is 9.97 Å². The molecule has 4 heteroatoms. The van der Waals surface area contributed by atoms with Crippen molar-refractivity contribution in [2.24, 2.45) is 0 Å². The molecule has 0 saturated heterocycles. The molecule has 0 radical (unpaired) electrons. The Morgan fingerprint density at radius 3 is 2.45 bits per heavy atom. The molecule has 0 aliphatic carbocycles. The average Bonchev–Trinajstić information content (AvgIpc) is 2.37. The molecule has 1 heterocycles. The SMILES string of the molecule is Cc1cccc(Sc2ncc(CNC(C)(C)C)cn2)c1. The van der Waals surface area contributed by atoms with Crippen LogP contribution in [-0.4, -0.2) is 15.5 Å². The summed E-state index contributed by atoms with van der Waals surface area (Å²) < 4.78 is 0. The third-order valence-corrected chi connectivity index (χ3v) is 3.59. The van der Waals surface area contributed by atoms with Crippen molar-refractivity contribution >= 4 is 11.8 Å². The zero-order valence-corrected chi connectivity index (χ0v) is 13.3. The number of hydrogen-bond acceptors (Lipinski definition) is 4. The minimum Gasteiger partial charge on any atom is -0.308 e. The van der Waals surface area contributed by atoms with E-state index >= 15 is 0 Å². The van der Waals surface area contributed by atoms with Gasteiger partial charge in [-0.15, -0.1) is 0 Å². The van der Waals surface area contributed by atoms with Crippen LogP contribution in [0.3, 0.4) is 0 Å². The van der Waals surface area contributed by atoms with Crippen LogP contribution < -0.4 is 5.32 Å². The summed E-state index contributed by atoms with van der Waals surface area (Å²) in [5, 5.41) is 4.22. The first-order valence-corrected chi connectivity index (χ1v) is 7.54. The van der Waals surface area contributed by atoms with Crippen LogP contribution in [0.25, 0.3) is 0 Å². The molecule has 2 aromatic rings. The van der Waals surface area contributed by atoms with Crippen molar-refractivity contribution in [3.63, 3.8) is 0 Å². The third kappa shape index (κ3) is 4.94. The summed E-state index contributed by atoms with van der Waals surface area (Å²) in [5.74, 6) is 0. The van der Waals surface area contributed by atoms with Crippen LogP contribution in [0.4, 0.5) is 0 Å². The summed E-state index contributed by atoms with van der Waals surface area (Å²) in [4.78, 5) is 10.0. The maximum absolute atomic E-state index is 4.42. The lowest BCUT2D eigenvalue weighted by atomic mass is 10.1. The number of nitrogens with one attached hydrogen (secondary N) is 1. The van der Waals surface area contributed by atoms with Gasteiger partial charge in [0.05, 0.1) is 0 Å². The molecule has 3 nitrogen and oxygen atoms in total. The maximum atomic E-state index is 4.42. The molecule has 0 atom stereocenters. The number of rotatable bonds is 4. The zero-order chi connectivity index (χ0) is 14.6. The van der Waals surface area contributed by atoms with Crippen LogP contribution in [0.1, 0.15) is 31.9 Å². The summed E-state index contributed by atoms with van der Waals surface area (Å²) in [6, 6.07) is 8.37. The largest absolute Gasteiger partial charge is 0.308 e. The van der Waals surface area contributed by atoms with E-state index in [1.165, 1.54) is 10.5 Å². The molecule has 0 saturated carbocycles. The Balaban J connectivity index is 1.98. The second-order valence-corrected chi connectivity index (χ2v) is 6.94. The highest BCUT2D eigenvalue weighted by Gasteiger charge is 2.08. The molecular formula is C16H21N3S. The lowest BCUT2D eigenvalue weighted by molar-refractivity contribution is 0.423. The smallest absolute Gasteiger partial charge is 0.192 e. The van der Waals surface area contributed by atoms with Crippen LogP contribution >= 0.6 is 11.8 Å². The van der Waals surface area contributed by atoms with E-state index in [9.17, 15) is 0 Å². The molecule has 1 aromatic heterocycles. The minimum atomic E-state index is 0.106. The van der Waals surface area contributed by atoms with Gasteiger partial charge in [-0.3, -0.25) is 0 Å². The highest BCUT2D eigenvalue weighted by molar-refractivity contribution is 7.99. The topological polar surface area (TPSA) is 37.8 Å². The summed E-state index contributed by atoms with van der Waals surface area (Å²) in [6.07, 6.45) is 3.79. The number of aromatic nitrogens is 2. The van der Waals surface area contributed by atoms with Crippen LogP contribution in [0.2, 0.25) is 0 Å². The molecule has 2 rings (SSSR count). The minimum absolute atomic E-state index is 0.106. The Kier molecular flexibility index (Phi) is 4.78. The molecule has 0 fully saturated rings. The van der Waals surface area contributed by atoms with E-state index in [0.717, 1.165) is 17.3 Å². The predicted molar refractivity (Wildman–Crippen MR) is 83.9 cm³/mol. The standard InChI is InChI=1S/C16H21N3S/c1-12-6-5-7-14(8-12)20-15-17-9-13(10-18-15)11-19-16(2,3)4/h5-10,19H,11H2,1-4H3. The van der Waals surface area contributed by atoms with Crippen LogP contribution in [0.5, 0.6) is 0 Å². The summed E-state index contributed by atoms with van der Waals surface area (Å²) in [6.45, 7) is 9.33. The Labute approximate surface area is 125 Å². The van der Waals surface area contributed by atoms with Gasteiger partial charge in [0.2, 0.25) is 0 Å². The normalized spacial score (nSPS) is 11.6. The van der Waals surface area contributed by atoms with Gasteiger partial charge in [-0.2, -0.15) is 0 Å². The first-order valence-electron chi connectivity index (χ1n) is 6.73. The Morgan fingerprint density at radius 2 is 1.85 bits per heavy atom. The van der Waals surface area contributed by atoms with Gasteiger partial charge in [0.25, 0.3) is 0 Å². The summed E-state index contributed by atoms with van der Waals surface area (Å²) in [5.41, 5.74) is 2.46. The third-order valence-electron chi connectivity index (χ3n) is 2.70. The number of benzene rings is 1. The number of hydrogen-bond donors (Lipinski definition) is 1. The fourth-order valence-corrected chi connectivity index (χ4v) is 2.45. The van der Waals surface area contributed by atoms with E-state index in [-0.39, 0.29) is 5.54 Å². The van der Waals surface area contributed by atoms with Gasteiger partial charge >= 0.3 is 0 Å². The lowest BCUT2D eigenvalue weighted by Crippen LogP contribution is -2.35. The van der Waals surface area contributed by atoms with E-state index in [1.54, 1.807) is 11.8 Å². The first-order chi connectivity index (χ1) is 9.42. The van der Waals surface area contributed by atoms with Gasteiger partial charge in [0, 0.05) is 34.9 Å². The van der Waals surface area contributed by atoms with Crippen molar-refractivity contribution in [2.75, 3.05) is 0 Å². The number of nitrogens with zero attached hydrogens (tertiary/aromatic N) is 2. The molecule has 1 N–H and O–H groups in total. The first kappa shape index (κ1) is 15.0. The van der Waals surface area contributed by atoms with Crippen molar-refractivity contribution in [3.05, 3.63) is 47.8 Å². The van der Waals surface area contributed by atoms with Crippen LogP contribution in [0, 0.1) is 6.92 Å². The van der Waals surface area contributed by atoms with Gasteiger partial charge in [-0.1, -0.05) is 17.7 Å². The van der Waals surface area contributed by atoms with Crippen molar-refractivity contribution in [1.29, 1.82) is 0 Å². The average molecular weight is 287 g/mol. The fourth-order valence-electron chi connectivity index (χ4n) is 1.64. The molecule has 0 unspecified atom stereocenters. The van der Waals surface area contributed by atoms with E-state index in [0.29, 0.717) is 0 Å².